The normalized spacial score (nSPS) is 17.2. The van der Waals surface area contributed by atoms with Gasteiger partial charge in [0, 0.05) is 29.6 Å². The van der Waals surface area contributed by atoms with Crippen molar-refractivity contribution in [2.24, 2.45) is 5.41 Å². The van der Waals surface area contributed by atoms with E-state index in [1.54, 1.807) is 19.9 Å². The Morgan fingerprint density at radius 2 is 1.92 bits per heavy atom. The van der Waals surface area contributed by atoms with Gasteiger partial charge in [-0.25, -0.2) is 4.39 Å². The van der Waals surface area contributed by atoms with Crippen LogP contribution < -0.4 is 5.32 Å². The van der Waals surface area contributed by atoms with Crippen molar-refractivity contribution in [2.75, 3.05) is 18.5 Å². The van der Waals surface area contributed by atoms with E-state index in [9.17, 15) is 18.7 Å². The zero-order valence-corrected chi connectivity index (χ0v) is 21.7. The Morgan fingerprint density at radius 3 is 2.56 bits per heavy atom. The molecule has 6 nitrogen and oxygen atoms in total. The Kier molecular flexibility index (Phi) is 6.91. The lowest BCUT2D eigenvalue weighted by atomic mass is 9.78. The van der Waals surface area contributed by atoms with Crippen LogP contribution in [0.1, 0.15) is 73.1 Å². The summed E-state index contributed by atoms with van der Waals surface area (Å²) < 4.78 is 50.9. The van der Waals surface area contributed by atoms with E-state index in [4.69, 9.17) is 4.74 Å². The molecule has 1 aliphatic rings. The molecular formula is C26H30F3N3O3S. The zero-order chi connectivity index (χ0) is 26.5. The number of aromatic nitrogens is 2. The number of thiophene rings is 1. The summed E-state index contributed by atoms with van der Waals surface area (Å²) in [7, 11) is 0. The summed E-state index contributed by atoms with van der Waals surface area (Å²) in [5, 5.41) is 22.1. The second-order valence-electron chi connectivity index (χ2n) is 10.2. The molecule has 2 aromatic heterocycles. The van der Waals surface area contributed by atoms with Crippen LogP contribution in [0.5, 0.6) is 0 Å². The summed E-state index contributed by atoms with van der Waals surface area (Å²) in [5.41, 5.74) is -3.19. The highest BCUT2D eigenvalue weighted by molar-refractivity contribution is 7.21. The maximum atomic E-state index is 15.3. The van der Waals surface area contributed by atoms with Crippen LogP contribution in [0.3, 0.4) is 0 Å². The number of hydrogen-bond acceptors (Lipinski definition) is 7. The highest BCUT2D eigenvalue weighted by Gasteiger charge is 2.49. The van der Waals surface area contributed by atoms with Gasteiger partial charge < -0.3 is 15.2 Å². The standard InChI is InChI=1S/C26H30F3N3O3S/c1-14(16-7-6-8-18(20(16)27)26(28,29)24(3,4)34)30-23-17-13-19(36-21(17)15(2)31-32-23)22(33)25(5)9-11-35-12-10-25/h6-8,13-14,34H,9-12H2,1-5H3,(H,30,32)/t14-/m1/s1. The van der Waals surface area contributed by atoms with Gasteiger partial charge in [0.1, 0.15) is 11.4 Å². The molecule has 194 valence electrons. The minimum absolute atomic E-state index is 0.00630. The topological polar surface area (TPSA) is 84.3 Å². The number of ketones is 1. The van der Waals surface area contributed by atoms with Crippen molar-refractivity contribution >= 4 is 33.0 Å². The van der Waals surface area contributed by atoms with E-state index < -0.39 is 34.4 Å². The van der Waals surface area contributed by atoms with Crippen LogP contribution in [0.25, 0.3) is 10.1 Å². The van der Waals surface area contributed by atoms with E-state index in [1.807, 2.05) is 6.92 Å². The monoisotopic (exact) mass is 521 g/mol. The van der Waals surface area contributed by atoms with Crippen molar-refractivity contribution in [1.29, 1.82) is 0 Å². The molecule has 3 aromatic rings. The van der Waals surface area contributed by atoms with Crippen LogP contribution in [-0.4, -0.2) is 39.9 Å². The summed E-state index contributed by atoms with van der Waals surface area (Å²) in [6.07, 6.45) is 1.28. The molecule has 1 aliphatic heterocycles. The SMILES string of the molecule is Cc1nnc(N[C@H](C)c2cccc(C(F)(F)C(C)(C)O)c2F)c2cc(C(=O)C3(C)CCOCC3)sc12. The van der Waals surface area contributed by atoms with Gasteiger partial charge in [-0.15, -0.1) is 16.4 Å². The number of halogens is 3. The smallest absolute Gasteiger partial charge is 0.303 e. The van der Waals surface area contributed by atoms with Crippen molar-refractivity contribution in [3.05, 3.63) is 51.8 Å². The third kappa shape index (κ3) is 4.62. The van der Waals surface area contributed by atoms with E-state index in [2.05, 4.69) is 15.5 Å². The Bertz CT molecular complexity index is 1300. The molecule has 1 aromatic carbocycles. The van der Waals surface area contributed by atoms with Crippen molar-refractivity contribution in [1.82, 2.24) is 10.2 Å². The minimum atomic E-state index is -3.80. The summed E-state index contributed by atoms with van der Waals surface area (Å²) in [4.78, 5) is 14.0. The fourth-order valence-corrected chi connectivity index (χ4v) is 5.55. The first-order valence-corrected chi connectivity index (χ1v) is 12.6. The maximum Gasteiger partial charge on any atom is 0.303 e. The number of rotatable bonds is 7. The molecule has 1 atom stereocenters. The van der Waals surface area contributed by atoms with Crippen LogP contribution in [0.4, 0.5) is 19.0 Å². The number of anilines is 1. The summed E-state index contributed by atoms with van der Waals surface area (Å²) in [6, 6.07) is 4.73. The zero-order valence-electron chi connectivity index (χ0n) is 20.9. The molecule has 3 heterocycles. The fraction of sp³-hybridized carbons (Fsp3) is 0.500. The predicted octanol–water partition coefficient (Wildman–Crippen LogP) is 6.17. The molecule has 0 aliphatic carbocycles. The molecule has 0 amide bonds. The van der Waals surface area contributed by atoms with Crippen molar-refractivity contribution in [2.45, 2.75) is 65.0 Å². The number of nitrogens with one attached hydrogen (secondary N) is 1. The van der Waals surface area contributed by atoms with E-state index in [-0.39, 0.29) is 11.3 Å². The van der Waals surface area contributed by atoms with E-state index in [0.717, 1.165) is 24.6 Å². The Labute approximate surface area is 211 Å². The number of carbonyl (C=O) groups excluding carboxylic acids is 1. The number of ether oxygens (including phenoxy) is 1. The minimum Gasteiger partial charge on any atom is -0.384 e. The average molecular weight is 522 g/mol. The summed E-state index contributed by atoms with van der Waals surface area (Å²) >= 11 is 1.34. The summed E-state index contributed by atoms with van der Waals surface area (Å²) in [6.45, 7) is 8.33. The molecule has 1 fully saturated rings. The lowest BCUT2D eigenvalue weighted by Crippen LogP contribution is -2.41. The van der Waals surface area contributed by atoms with Gasteiger partial charge in [0.25, 0.3) is 0 Å². The lowest BCUT2D eigenvalue weighted by Gasteiger charge is -2.31. The number of hydrogen-bond donors (Lipinski definition) is 2. The van der Waals surface area contributed by atoms with Crippen LogP contribution in [0, 0.1) is 18.2 Å². The fourth-order valence-electron chi connectivity index (χ4n) is 4.36. The molecule has 4 rings (SSSR count). The van der Waals surface area contributed by atoms with Crippen LogP contribution in [-0.2, 0) is 10.7 Å². The molecule has 10 heteroatoms. The third-order valence-corrected chi connectivity index (χ3v) is 8.18. The second kappa shape index (κ2) is 9.39. The van der Waals surface area contributed by atoms with Crippen LogP contribution in [0.2, 0.25) is 0 Å². The average Bonchev–Trinajstić information content (AvgIpc) is 3.26. The molecule has 1 saturated heterocycles. The molecule has 0 spiro atoms. The number of nitrogens with zero attached hydrogens (tertiary/aromatic N) is 2. The molecule has 0 bridgehead atoms. The lowest BCUT2D eigenvalue weighted by molar-refractivity contribution is -0.170. The number of Topliss-reactive ketones (excluding diaryl/α,β-unsaturated/α-hetero) is 1. The largest absolute Gasteiger partial charge is 0.384 e. The van der Waals surface area contributed by atoms with Gasteiger partial charge in [-0.1, -0.05) is 19.1 Å². The van der Waals surface area contributed by atoms with Crippen molar-refractivity contribution in [3.8, 4) is 0 Å². The van der Waals surface area contributed by atoms with Gasteiger partial charge in [-0.05, 0) is 52.7 Å². The molecule has 36 heavy (non-hydrogen) atoms. The quantitative estimate of drug-likeness (QED) is 0.362. The number of fused-ring (bicyclic) bond motifs is 1. The van der Waals surface area contributed by atoms with Crippen molar-refractivity contribution in [3.63, 3.8) is 0 Å². The number of aryl methyl sites for hydroxylation is 1. The Hall–Kier alpha value is -2.56. The number of benzene rings is 1. The van der Waals surface area contributed by atoms with Crippen LogP contribution >= 0.6 is 11.3 Å². The first kappa shape index (κ1) is 26.5. The molecule has 2 N–H and O–H groups in total. The Morgan fingerprint density at radius 1 is 1.25 bits per heavy atom. The van der Waals surface area contributed by atoms with E-state index >= 15 is 4.39 Å². The number of aliphatic hydroxyl groups is 1. The first-order chi connectivity index (χ1) is 16.8. The predicted molar refractivity (Wildman–Crippen MR) is 133 cm³/mol. The molecule has 0 unspecified atom stereocenters. The van der Waals surface area contributed by atoms with Gasteiger partial charge in [0.2, 0.25) is 0 Å². The Balaban J connectivity index is 1.68. The van der Waals surface area contributed by atoms with E-state index in [0.29, 0.717) is 47.8 Å². The number of carbonyl (C=O) groups is 1. The highest BCUT2D eigenvalue weighted by Crippen LogP contribution is 2.42. The molecule has 0 saturated carbocycles. The van der Waals surface area contributed by atoms with Crippen LogP contribution in [0.15, 0.2) is 24.3 Å². The van der Waals surface area contributed by atoms with Gasteiger partial charge in [0.15, 0.2) is 11.6 Å². The maximum absolute atomic E-state index is 15.3. The third-order valence-electron chi connectivity index (χ3n) is 6.94. The first-order valence-electron chi connectivity index (χ1n) is 11.8. The second-order valence-corrected chi connectivity index (χ2v) is 11.3. The van der Waals surface area contributed by atoms with Gasteiger partial charge in [0.05, 0.1) is 26.9 Å². The summed E-state index contributed by atoms with van der Waals surface area (Å²) in [5.74, 6) is -4.53. The van der Waals surface area contributed by atoms with Crippen molar-refractivity contribution < 1.29 is 27.8 Å². The highest BCUT2D eigenvalue weighted by atomic mass is 32.1. The van der Waals surface area contributed by atoms with Gasteiger partial charge >= 0.3 is 5.92 Å². The molecule has 0 radical (unpaired) electrons. The number of alkyl halides is 2. The van der Waals surface area contributed by atoms with Gasteiger partial charge in [-0.2, -0.15) is 13.9 Å². The van der Waals surface area contributed by atoms with Gasteiger partial charge in [-0.3, -0.25) is 4.79 Å². The van der Waals surface area contributed by atoms with E-state index in [1.165, 1.54) is 23.5 Å². The molecular weight excluding hydrogens is 491 g/mol.